The number of rotatable bonds is 2. The van der Waals surface area contributed by atoms with Crippen molar-refractivity contribution in [3.05, 3.63) is 28.8 Å². The van der Waals surface area contributed by atoms with Crippen LogP contribution in [0.25, 0.3) is 0 Å². The van der Waals surface area contributed by atoms with Gasteiger partial charge >= 0.3 is 0 Å². The summed E-state index contributed by atoms with van der Waals surface area (Å²) in [5.41, 5.74) is 1.71. The lowest BCUT2D eigenvalue weighted by molar-refractivity contribution is 0.112. The molecular weight excluding hydrogens is 234 g/mol. The summed E-state index contributed by atoms with van der Waals surface area (Å²) in [4.78, 5) is 13.4. The van der Waals surface area contributed by atoms with Gasteiger partial charge in [-0.25, -0.2) is 0 Å². The number of aldehydes is 1. The van der Waals surface area contributed by atoms with E-state index in [9.17, 15) is 4.79 Å². The molecule has 1 saturated heterocycles. The molecular formula is C14H18ClNO. The monoisotopic (exact) mass is 251 g/mol. The van der Waals surface area contributed by atoms with Crippen LogP contribution >= 0.6 is 11.6 Å². The third-order valence-electron chi connectivity index (χ3n) is 3.56. The van der Waals surface area contributed by atoms with Gasteiger partial charge in [0.1, 0.15) is 0 Å². The zero-order valence-electron chi connectivity index (χ0n) is 10.3. The van der Waals surface area contributed by atoms with Crippen LogP contribution in [0.4, 0.5) is 5.69 Å². The minimum Gasteiger partial charge on any atom is -0.368 e. The molecule has 0 radical (unpaired) electrons. The van der Waals surface area contributed by atoms with Crippen molar-refractivity contribution < 1.29 is 4.79 Å². The lowest BCUT2D eigenvalue weighted by atomic mass is 9.92. The number of carbonyl (C=O) groups is 1. The lowest BCUT2D eigenvalue weighted by Crippen LogP contribution is -2.40. The van der Waals surface area contributed by atoms with Crippen molar-refractivity contribution in [2.24, 2.45) is 5.92 Å². The normalized spacial score (nSPS) is 24.8. The average molecular weight is 252 g/mol. The maximum absolute atomic E-state index is 11.1. The van der Waals surface area contributed by atoms with Crippen LogP contribution in [0.15, 0.2) is 18.2 Å². The fourth-order valence-electron chi connectivity index (χ4n) is 2.65. The summed E-state index contributed by atoms with van der Waals surface area (Å²) in [6.45, 7) is 5.53. The molecule has 2 rings (SSSR count). The summed E-state index contributed by atoms with van der Waals surface area (Å²) < 4.78 is 0. The van der Waals surface area contributed by atoms with E-state index < -0.39 is 0 Å². The first-order valence-electron chi connectivity index (χ1n) is 6.13. The second-order valence-electron chi connectivity index (χ2n) is 4.99. The Kier molecular flexibility index (Phi) is 3.72. The van der Waals surface area contributed by atoms with Crippen molar-refractivity contribution in [3.8, 4) is 0 Å². The molecule has 3 heteroatoms. The van der Waals surface area contributed by atoms with Gasteiger partial charge in [-0.15, -0.1) is 0 Å². The van der Waals surface area contributed by atoms with Gasteiger partial charge < -0.3 is 4.90 Å². The molecule has 0 aliphatic carbocycles. The first-order valence-corrected chi connectivity index (χ1v) is 6.51. The van der Waals surface area contributed by atoms with Crippen LogP contribution in [0.5, 0.6) is 0 Å². The summed E-state index contributed by atoms with van der Waals surface area (Å²) in [6, 6.07) is 6.04. The Morgan fingerprint density at radius 2 is 2.18 bits per heavy atom. The molecule has 0 bridgehead atoms. The molecule has 0 spiro atoms. The van der Waals surface area contributed by atoms with Crippen LogP contribution < -0.4 is 4.90 Å². The number of hydrogen-bond acceptors (Lipinski definition) is 2. The summed E-state index contributed by atoms with van der Waals surface area (Å²) in [7, 11) is 0. The van der Waals surface area contributed by atoms with Crippen molar-refractivity contribution in [3.63, 3.8) is 0 Å². The second-order valence-corrected chi connectivity index (χ2v) is 5.43. The SMILES string of the molecule is CC1CCN(c2ccc(Cl)cc2C=O)C(C)C1. The highest BCUT2D eigenvalue weighted by Crippen LogP contribution is 2.30. The number of piperidine rings is 1. The van der Waals surface area contributed by atoms with Crippen LogP contribution in [0.1, 0.15) is 37.0 Å². The van der Waals surface area contributed by atoms with Crippen molar-refractivity contribution in [1.82, 2.24) is 0 Å². The van der Waals surface area contributed by atoms with Crippen LogP contribution in [0.3, 0.4) is 0 Å². The number of anilines is 1. The van der Waals surface area contributed by atoms with Gasteiger partial charge in [0, 0.05) is 28.9 Å². The van der Waals surface area contributed by atoms with Crippen LogP contribution in [-0.4, -0.2) is 18.9 Å². The van der Waals surface area contributed by atoms with E-state index in [1.165, 1.54) is 12.8 Å². The van der Waals surface area contributed by atoms with Crippen LogP contribution in [-0.2, 0) is 0 Å². The topological polar surface area (TPSA) is 20.3 Å². The van der Waals surface area contributed by atoms with E-state index >= 15 is 0 Å². The zero-order valence-corrected chi connectivity index (χ0v) is 11.1. The highest BCUT2D eigenvalue weighted by molar-refractivity contribution is 6.31. The molecule has 1 fully saturated rings. The van der Waals surface area contributed by atoms with Gasteiger partial charge in [0.15, 0.2) is 6.29 Å². The Morgan fingerprint density at radius 3 is 2.82 bits per heavy atom. The predicted molar refractivity (Wildman–Crippen MR) is 72.0 cm³/mol. The predicted octanol–water partition coefficient (Wildman–Crippen LogP) is 3.78. The van der Waals surface area contributed by atoms with E-state index in [0.717, 1.165) is 24.4 Å². The van der Waals surface area contributed by atoms with Gasteiger partial charge in [-0.2, -0.15) is 0 Å². The van der Waals surface area contributed by atoms with Crippen molar-refractivity contribution >= 4 is 23.6 Å². The van der Waals surface area contributed by atoms with Gasteiger partial charge in [0.2, 0.25) is 0 Å². The quantitative estimate of drug-likeness (QED) is 0.746. The highest BCUT2D eigenvalue weighted by atomic mass is 35.5. The molecule has 1 aromatic rings. The number of hydrogen-bond donors (Lipinski definition) is 0. The molecule has 92 valence electrons. The van der Waals surface area contributed by atoms with Gasteiger partial charge in [-0.05, 0) is 43.9 Å². The molecule has 0 aromatic heterocycles. The van der Waals surface area contributed by atoms with Crippen molar-refractivity contribution in [2.75, 3.05) is 11.4 Å². The summed E-state index contributed by atoms with van der Waals surface area (Å²) >= 11 is 5.92. The third-order valence-corrected chi connectivity index (χ3v) is 3.80. The smallest absolute Gasteiger partial charge is 0.152 e. The number of benzene rings is 1. The second kappa shape index (κ2) is 5.09. The van der Waals surface area contributed by atoms with Crippen LogP contribution in [0.2, 0.25) is 5.02 Å². The molecule has 17 heavy (non-hydrogen) atoms. The molecule has 0 saturated carbocycles. The molecule has 0 amide bonds. The molecule has 1 aromatic carbocycles. The minimum atomic E-state index is 0.485. The number of nitrogens with zero attached hydrogens (tertiary/aromatic N) is 1. The standard InChI is InChI=1S/C14H18ClNO/c1-10-5-6-16(11(2)7-10)14-4-3-13(15)8-12(14)9-17/h3-4,8-11H,5-7H2,1-2H3. The molecule has 0 N–H and O–H groups in total. The van der Waals surface area contributed by atoms with Gasteiger partial charge in [-0.1, -0.05) is 18.5 Å². The summed E-state index contributed by atoms with van der Waals surface area (Å²) in [6.07, 6.45) is 3.26. The summed E-state index contributed by atoms with van der Waals surface area (Å²) in [5.74, 6) is 0.772. The Labute approximate surface area is 108 Å². The van der Waals surface area contributed by atoms with E-state index in [1.54, 1.807) is 6.07 Å². The Balaban J connectivity index is 2.30. The molecule has 2 nitrogen and oxygen atoms in total. The van der Waals surface area contributed by atoms with Crippen molar-refractivity contribution in [1.29, 1.82) is 0 Å². The molecule has 1 aliphatic heterocycles. The van der Waals surface area contributed by atoms with Gasteiger partial charge in [0.05, 0.1) is 0 Å². The lowest BCUT2D eigenvalue weighted by Gasteiger charge is -2.38. The van der Waals surface area contributed by atoms with E-state index in [2.05, 4.69) is 18.7 Å². The fraction of sp³-hybridized carbons (Fsp3) is 0.500. The maximum Gasteiger partial charge on any atom is 0.152 e. The largest absolute Gasteiger partial charge is 0.368 e. The third kappa shape index (κ3) is 2.63. The van der Waals surface area contributed by atoms with E-state index in [0.29, 0.717) is 16.6 Å². The first-order chi connectivity index (χ1) is 8.11. The Hall–Kier alpha value is -1.02. The number of carbonyl (C=O) groups excluding carboxylic acids is 1. The number of halogens is 1. The van der Waals surface area contributed by atoms with E-state index in [-0.39, 0.29) is 0 Å². The molecule has 2 unspecified atom stereocenters. The zero-order chi connectivity index (χ0) is 12.4. The molecule has 2 atom stereocenters. The van der Waals surface area contributed by atoms with Gasteiger partial charge in [0.25, 0.3) is 0 Å². The maximum atomic E-state index is 11.1. The van der Waals surface area contributed by atoms with Crippen LogP contribution in [0, 0.1) is 5.92 Å². The molecule has 1 aliphatic rings. The summed E-state index contributed by atoms with van der Waals surface area (Å²) in [5, 5.41) is 0.619. The van der Waals surface area contributed by atoms with Gasteiger partial charge in [-0.3, -0.25) is 4.79 Å². The minimum absolute atomic E-state index is 0.485. The van der Waals surface area contributed by atoms with Crippen molar-refractivity contribution in [2.45, 2.75) is 32.7 Å². The Bertz CT molecular complexity index is 419. The van der Waals surface area contributed by atoms with E-state index in [1.807, 2.05) is 12.1 Å². The Morgan fingerprint density at radius 1 is 1.41 bits per heavy atom. The molecule has 1 heterocycles. The van der Waals surface area contributed by atoms with E-state index in [4.69, 9.17) is 11.6 Å². The fourth-order valence-corrected chi connectivity index (χ4v) is 2.83. The average Bonchev–Trinajstić information content (AvgIpc) is 2.30. The highest BCUT2D eigenvalue weighted by Gasteiger charge is 2.24. The first kappa shape index (κ1) is 12.4.